The van der Waals surface area contributed by atoms with Gasteiger partial charge in [-0.3, -0.25) is 0 Å². The Morgan fingerprint density at radius 1 is 1.14 bits per heavy atom. The molecule has 0 N–H and O–H groups in total. The number of benzene rings is 2. The molecule has 6 nitrogen and oxygen atoms in total. The molecule has 1 aliphatic rings. The molecule has 0 bridgehead atoms. The van der Waals surface area contributed by atoms with Crippen molar-refractivity contribution in [1.29, 1.82) is 0 Å². The summed E-state index contributed by atoms with van der Waals surface area (Å²) in [4.78, 5) is 21.1. The minimum Gasteiger partial charge on any atom is -0.466 e. The van der Waals surface area contributed by atoms with E-state index in [2.05, 4.69) is 19.9 Å². The second kappa shape index (κ2) is 9.54. The molecule has 28 heavy (non-hydrogen) atoms. The molecule has 3 rings (SSSR count). The van der Waals surface area contributed by atoms with E-state index in [1.807, 2.05) is 0 Å². The summed E-state index contributed by atoms with van der Waals surface area (Å²) in [6.45, 7) is 1.49. The zero-order valence-corrected chi connectivity index (χ0v) is 15.0. The zero-order valence-electron chi connectivity index (χ0n) is 15.0. The average molecular weight is 394 g/mol. The van der Waals surface area contributed by atoms with Crippen LogP contribution in [0, 0.1) is 0 Å². The first kappa shape index (κ1) is 20.9. The lowest BCUT2D eigenvalue weighted by Crippen LogP contribution is -2.16. The number of nitrogens with zero attached hydrogens (tertiary/aromatic N) is 2. The molecule has 0 radical (unpaired) electrons. The SMILES string of the molecule is C1=NO1.COC(=O)C(ON=C(C)c1cccc(C(F)(F)F)c1)c1ccccc1. The summed E-state index contributed by atoms with van der Waals surface area (Å²) in [5.41, 5.74) is 0.185. The molecule has 0 spiro atoms. The standard InChI is InChI=1S/C18H16F3NO3.CHNO/c1-12(14-9-6-10-15(11-14)18(19,20)21)22-25-16(17(23)24-2)13-7-4-3-5-8-13;1-2-3-1/h3-11,16H,1-2H3;1H. The molecular weight excluding hydrogens is 377 g/mol. The third-order valence-electron chi connectivity index (χ3n) is 3.53. The Morgan fingerprint density at radius 2 is 1.79 bits per heavy atom. The summed E-state index contributed by atoms with van der Waals surface area (Å²) in [5, 5.41) is 6.94. The van der Waals surface area contributed by atoms with Crippen LogP contribution in [0.25, 0.3) is 0 Å². The summed E-state index contributed by atoms with van der Waals surface area (Å²) in [6.07, 6.45) is -4.18. The Labute approximate surface area is 159 Å². The number of esters is 1. The van der Waals surface area contributed by atoms with Crippen molar-refractivity contribution in [2.45, 2.75) is 19.2 Å². The highest BCUT2D eigenvalue weighted by Crippen LogP contribution is 2.29. The Bertz CT molecular complexity index is 848. The maximum Gasteiger partial charge on any atom is 0.416 e. The maximum absolute atomic E-state index is 12.8. The van der Waals surface area contributed by atoms with Crippen molar-refractivity contribution >= 4 is 18.1 Å². The van der Waals surface area contributed by atoms with Crippen LogP contribution in [0.15, 0.2) is 64.9 Å². The molecule has 1 atom stereocenters. The topological polar surface area (TPSA) is 72.8 Å². The minimum atomic E-state index is -4.45. The Hall–Kier alpha value is -3.36. The molecular formula is C19H17F3N2O4. The fraction of sp³-hybridized carbons (Fsp3) is 0.211. The Morgan fingerprint density at radius 3 is 2.32 bits per heavy atom. The van der Waals surface area contributed by atoms with Gasteiger partial charge in [0.05, 0.1) is 18.4 Å². The number of rotatable bonds is 5. The van der Waals surface area contributed by atoms with Crippen LogP contribution in [0.1, 0.15) is 29.7 Å². The van der Waals surface area contributed by atoms with E-state index in [1.54, 1.807) is 30.3 Å². The highest BCUT2D eigenvalue weighted by atomic mass is 19.4. The predicted molar refractivity (Wildman–Crippen MR) is 95.5 cm³/mol. The predicted octanol–water partition coefficient (Wildman–Crippen LogP) is 4.32. The summed E-state index contributed by atoms with van der Waals surface area (Å²) in [7, 11) is 1.21. The molecule has 0 aromatic heterocycles. The molecule has 9 heteroatoms. The number of hydrogen-bond donors (Lipinski definition) is 0. The van der Waals surface area contributed by atoms with Crippen LogP contribution in [0.2, 0.25) is 0 Å². The monoisotopic (exact) mass is 394 g/mol. The smallest absolute Gasteiger partial charge is 0.416 e. The molecule has 0 saturated heterocycles. The van der Waals surface area contributed by atoms with Gasteiger partial charge in [-0.15, -0.1) is 0 Å². The molecule has 1 unspecified atom stereocenters. The van der Waals surface area contributed by atoms with Crippen molar-refractivity contribution in [3.63, 3.8) is 0 Å². The quantitative estimate of drug-likeness (QED) is 0.430. The number of alkyl halides is 3. The van der Waals surface area contributed by atoms with E-state index in [-0.39, 0.29) is 11.3 Å². The normalized spacial score (nSPS) is 13.5. The van der Waals surface area contributed by atoms with Gasteiger partial charge in [-0.1, -0.05) is 47.6 Å². The second-order valence-corrected chi connectivity index (χ2v) is 5.49. The lowest BCUT2D eigenvalue weighted by molar-refractivity contribution is -0.154. The number of ether oxygens (including phenoxy) is 1. The van der Waals surface area contributed by atoms with E-state index < -0.39 is 23.8 Å². The van der Waals surface area contributed by atoms with E-state index in [0.717, 1.165) is 12.1 Å². The van der Waals surface area contributed by atoms with Crippen LogP contribution in [-0.4, -0.2) is 25.2 Å². The fourth-order valence-electron chi connectivity index (χ4n) is 2.08. The molecule has 0 amide bonds. The van der Waals surface area contributed by atoms with Crippen molar-refractivity contribution in [3.05, 3.63) is 71.3 Å². The second-order valence-electron chi connectivity index (χ2n) is 5.49. The summed E-state index contributed by atoms with van der Waals surface area (Å²) < 4.78 is 43.0. The average Bonchev–Trinajstić information content (AvgIpc) is 3.57. The van der Waals surface area contributed by atoms with Gasteiger partial charge in [0.2, 0.25) is 12.5 Å². The minimum absolute atomic E-state index is 0.205. The van der Waals surface area contributed by atoms with Gasteiger partial charge in [0, 0.05) is 5.56 Å². The first-order valence-electron chi connectivity index (χ1n) is 8.01. The summed E-state index contributed by atoms with van der Waals surface area (Å²) >= 11 is 0. The lowest BCUT2D eigenvalue weighted by atomic mass is 10.1. The van der Waals surface area contributed by atoms with Gasteiger partial charge >= 0.3 is 12.1 Å². The fourth-order valence-corrected chi connectivity index (χ4v) is 2.08. The number of hydrogen-bond acceptors (Lipinski definition) is 6. The van der Waals surface area contributed by atoms with Gasteiger partial charge in [-0.05, 0) is 29.8 Å². The Kier molecular flexibility index (Phi) is 7.14. The first-order chi connectivity index (χ1) is 13.3. The van der Waals surface area contributed by atoms with Crippen molar-refractivity contribution in [2.24, 2.45) is 10.3 Å². The van der Waals surface area contributed by atoms with Crippen LogP contribution in [0.5, 0.6) is 0 Å². The van der Waals surface area contributed by atoms with Gasteiger partial charge in [0.25, 0.3) is 0 Å². The highest BCUT2D eigenvalue weighted by molar-refractivity contribution is 5.98. The molecule has 1 heterocycles. The van der Waals surface area contributed by atoms with Crippen molar-refractivity contribution < 1.29 is 32.4 Å². The molecule has 148 valence electrons. The van der Waals surface area contributed by atoms with E-state index in [1.165, 1.54) is 32.6 Å². The molecule has 0 aliphatic carbocycles. The third kappa shape index (κ3) is 6.42. The molecule has 2 aromatic rings. The number of carbonyl (C=O) groups excluding carboxylic acids is 1. The van der Waals surface area contributed by atoms with Gasteiger partial charge in [0.1, 0.15) is 0 Å². The van der Waals surface area contributed by atoms with Gasteiger partial charge in [-0.25, -0.2) is 4.79 Å². The molecule has 1 aliphatic heterocycles. The van der Waals surface area contributed by atoms with Crippen molar-refractivity contribution in [2.75, 3.05) is 7.11 Å². The van der Waals surface area contributed by atoms with Crippen LogP contribution in [0.3, 0.4) is 0 Å². The largest absolute Gasteiger partial charge is 0.466 e. The van der Waals surface area contributed by atoms with Crippen LogP contribution in [0.4, 0.5) is 13.2 Å². The van der Waals surface area contributed by atoms with Crippen molar-refractivity contribution in [3.8, 4) is 0 Å². The number of oxime groups is 2. The maximum atomic E-state index is 12.8. The highest BCUT2D eigenvalue weighted by Gasteiger charge is 2.30. The third-order valence-corrected chi connectivity index (χ3v) is 3.53. The van der Waals surface area contributed by atoms with Gasteiger partial charge in [0.15, 0.2) is 0 Å². The molecule has 0 saturated carbocycles. The molecule has 2 aromatic carbocycles. The van der Waals surface area contributed by atoms with E-state index in [0.29, 0.717) is 5.56 Å². The number of halogens is 3. The number of methoxy groups -OCH3 is 1. The van der Waals surface area contributed by atoms with Gasteiger partial charge in [-0.2, -0.15) is 13.2 Å². The first-order valence-corrected chi connectivity index (χ1v) is 8.01. The molecule has 0 fully saturated rings. The van der Waals surface area contributed by atoms with Gasteiger partial charge < -0.3 is 14.4 Å². The summed E-state index contributed by atoms with van der Waals surface area (Å²) in [5.74, 6) is -0.660. The zero-order chi connectivity index (χ0) is 20.6. The number of carbonyl (C=O) groups is 1. The van der Waals surface area contributed by atoms with Crippen LogP contribution >= 0.6 is 0 Å². The summed E-state index contributed by atoms with van der Waals surface area (Å²) in [6, 6.07) is 13.2. The van der Waals surface area contributed by atoms with Crippen LogP contribution < -0.4 is 0 Å². The van der Waals surface area contributed by atoms with Crippen molar-refractivity contribution in [1.82, 2.24) is 0 Å². The lowest BCUT2D eigenvalue weighted by Gasteiger charge is -2.14. The van der Waals surface area contributed by atoms with E-state index in [9.17, 15) is 18.0 Å². The Balaban J connectivity index is 0.000000849. The van der Waals surface area contributed by atoms with E-state index >= 15 is 0 Å². The van der Waals surface area contributed by atoms with Crippen LogP contribution in [-0.2, 0) is 25.4 Å². The van der Waals surface area contributed by atoms with E-state index in [4.69, 9.17) is 4.84 Å².